The first kappa shape index (κ1) is 20.0. The van der Waals surface area contributed by atoms with E-state index in [1.165, 1.54) is 0 Å². The summed E-state index contributed by atoms with van der Waals surface area (Å²) in [5, 5.41) is 4.94. The molecule has 1 aliphatic heterocycles. The molecule has 10 heteroatoms. The Hall–Kier alpha value is -2.75. The Bertz CT molecular complexity index is 867. The fourth-order valence-corrected chi connectivity index (χ4v) is 2.74. The molecule has 1 aromatic heterocycles. The molecular weight excluding hydrogens is 385 g/mol. The maximum absolute atomic E-state index is 14.2. The standard InChI is InChI=1S/C18H16F5N3O2/c19-11-1-2-15(13(5-11)18(21,22)23)26-12-6-14(20)16(24-7-12)8-25-17(27)10-3-4-28-9-10/h1-2,5-7,10,26H,3-4,8-9H2,(H,25,27). The number of aromatic nitrogens is 1. The summed E-state index contributed by atoms with van der Waals surface area (Å²) in [6, 6.07) is 3.07. The van der Waals surface area contributed by atoms with Gasteiger partial charge in [0.2, 0.25) is 5.91 Å². The van der Waals surface area contributed by atoms with Crippen LogP contribution in [-0.4, -0.2) is 24.1 Å². The molecule has 1 fully saturated rings. The number of rotatable bonds is 5. The molecule has 0 aliphatic carbocycles. The lowest BCUT2D eigenvalue weighted by molar-refractivity contribution is -0.137. The zero-order valence-corrected chi connectivity index (χ0v) is 14.4. The molecule has 1 saturated heterocycles. The maximum atomic E-state index is 14.2. The van der Waals surface area contributed by atoms with Crippen molar-refractivity contribution in [2.24, 2.45) is 5.92 Å². The summed E-state index contributed by atoms with van der Waals surface area (Å²) < 4.78 is 71.6. The number of alkyl halides is 3. The van der Waals surface area contributed by atoms with Gasteiger partial charge in [0.05, 0.1) is 47.9 Å². The van der Waals surface area contributed by atoms with Crippen molar-refractivity contribution in [3.63, 3.8) is 0 Å². The Morgan fingerprint density at radius 2 is 2.04 bits per heavy atom. The van der Waals surface area contributed by atoms with Crippen LogP contribution >= 0.6 is 0 Å². The lowest BCUT2D eigenvalue weighted by Gasteiger charge is -2.15. The quantitative estimate of drug-likeness (QED) is 0.749. The van der Waals surface area contributed by atoms with E-state index in [9.17, 15) is 26.7 Å². The number of pyridine rings is 1. The normalized spacial score (nSPS) is 16.8. The number of nitrogens with zero attached hydrogens (tertiary/aromatic N) is 1. The van der Waals surface area contributed by atoms with E-state index in [0.717, 1.165) is 24.4 Å². The molecule has 1 atom stereocenters. The summed E-state index contributed by atoms with van der Waals surface area (Å²) in [7, 11) is 0. The highest BCUT2D eigenvalue weighted by molar-refractivity contribution is 5.78. The lowest BCUT2D eigenvalue weighted by Crippen LogP contribution is -2.31. The second-order valence-corrected chi connectivity index (χ2v) is 6.24. The SMILES string of the molecule is O=C(NCc1ncc(Nc2ccc(F)cc2C(F)(F)F)cc1F)C1CCOC1. The number of carbonyl (C=O) groups is 1. The highest BCUT2D eigenvalue weighted by atomic mass is 19.4. The number of halogens is 5. The molecule has 2 heterocycles. The molecule has 28 heavy (non-hydrogen) atoms. The predicted molar refractivity (Wildman–Crippen MR) is 89.7 cm³/mol. The minimum absolute atomic E-state index is 0.0473. The largest absolute Gasteiger partial charge is 0.418 e. The minimum atomic E-state index is -4.79. The molecule has 150 valence electrons. The van der Waals surface area contributed by atoms with Crippen LogP contribution in [0.2, 0.25) is 0 Å². The van der Waals surface area contributed by atoms with Crippen molar-refractivity contribution in [2.75, 3.05) is 18.5 Å². The second kappa shape index (κ2) is 8.09. The van der Waals surface area contributed by atoms with Crippen LogP contribution < -0.4 is 10.6 Å². The van der Waals surface area contributed by atoms with Gasteiger partial charge in [-0.15, -0.1) is 0 Å². The Balaban J connectivity index is 1.70. The molecule has 2 N–H and O–H groups in total. The zero-order valence-electron chi connectivity index (χ0n) is 14.4. The molecule has 1 unspecified atom stereocenters. The summed E-state index contributed by atoms with van der Waals surface area (Å²) in [5.74, 6) is -2.41. The van der Waals surface area contributed by atoms with Crippen molar-refractivity contribution in [1.29, 1.82) is 0 Å². The summed E-state index contributed by atoms with van der Waals surface area (Å²) in [6.45, 7) is 0.643. The van der Waals surface area contributed by atoms with Gasteiger partial charge in [-0.05, 0) is 24.6 Å². The number of hydrogen-bond donors (Lipinski definition) is 2. The van der Waals surface area contributed by atoms with Crippen LogP contribution in [0, 0.1) is 17.6 Å². The Morgan fingerprint density at radius 3 is 2.68 bits per heavy atom. The van der Waals surface area contributed by atoms with Crippen molar-refractivity contribution >= 4 is 17.3 Å². The van der Waals surface area contributed by atoms with E-state index in [0.29, 0.717) is 25.7 Å². The highest BCUT2D eigenvalue weighted by Crippen LogP contribution is 2.36. The number of hydrogen-bond acceptors (Lipinski definition) is 4. The Kier molecular flexibility index (Phi) is 5.78. The summed E-state index contributed by atoms with van der Waals surface area (Å²) >= 11 is 0. The second-order valence-electron chi connectivity index (χ2n) is 6.24. The molecule has 3 rings (SSSR count). The molecule has 0 radical (unpaired) electrons. The molecule has 1 aliphatic rings. The average Bonchev–Trinajstić information content (AvgIpc) is 3.16. The molecule has 5 nitrogen and oxygen atoms in total. The average molecular weight is 401 g/mol. The van der Waals surface area contributed by atoms with E-state index in [1.54, 1.807) is 0 Å². The molecular formula is C18H16F5N3O2. The van der Waals surface area contributed by atoms with Crippen LogP contribution in [0.4, 0.5) is 33.3 Å². The third-order valence-corrected chi connectivity index (χ3v) is 4.21. The van der Waals surface area contributed by atoms with Gasteiger partial charge in [0.1, 0.15) is 11.6 Å². The molecule has 0 saturated carbocycles. The van der Waals surface area contributed by atoms with Gasteiger partial charge >= 0.3 is 6.18 Å². The number of benzene rings is 1. The van der Waals surface area contributed by atoms with E-state index in [2.05, 4.69) is 15.6 Å². The molecule has 2 aromatic rings. The summed E-state index contributed by atoms with van der Waals surface area (Å²) in [6.07, 6.45) is -3.07. The highest BCUT2D eigenvalue weighted by Gasteiger charge is 2.34. The molecule has 1 amide bonds. The first-order valence-electron chi connectivity index (χ1n) is 8.37. The first-order valence-corrected chi connectivity index (χ1v) is 8.37. The monoisotopic (exact) mass is 401 g/mol. The van der Waals surface area contributed by atoms with Crippen LogP contribution in [0.15, 0.2) is 30.5 Å². The van der Waals surface area contributed by atoms with Gasteiger partial charge in [0, 0.05) is 12.7 Å². The Labute approximate surface area is 156 Å². The van der Waals surface area contributed by atoms with Crippen LogP contribution in [0.5, 0.6) is 0 Å². The van der Waals surface area contributed by atoms with Crippen molar-refractivity contribution < 1.29 is 31.5 Å². The van der Waals surface area contributed by atoms with Crippen molar-refractivity contribution in [1.82, 2.24) is 10.3 Å². The third kappa shape index (κ3) is 4.75. The number of carbonyl (C=O) groups excluding carboxylic acids is 1. The van der Waals surface area contributed by atoms with Gasteiger partial charge in [-0.2, -0.15) is 13.2 Å². The Morgan fingerprint density at radius 1 is 1.25 bits per heavy atom. The summed E-state index contributed by atoms with van der Waals surface area (Å²) in [4.78, 5) is 15.7. The number of anilines is 2. The van der Waals surface area contributed by atoms with E-state index in [1.807, 2.05) is 0 Å². The van der Waals surface area contributed by atoms with E-state index >= 15 is 0 Å². The van der Waals surface area contributed by atoms with Crippen LogP contribution in [0.1, 0.15) is 17.7 Å². The van der Waals surface area contributed by atoms with E-state index in [4.69, 9.17) is 4.74 Å². The van der Waals surface area contributed by atoms with Crippen LogP contribution in [-0.2, 0) is 22.3 Å². The molecule has 0 spiro atoms. The van der Waals surface area contributed by atoms with Gasteiger partial charge < -0.3 is 15.4 Å². The van der Waals surface area contributed by atoms with Gasteiger partial charge in [0.15, 0.2) is 0 Å². The smallest absolute Gasteiger partial charge is 0.381 e. The van der Waals surface area contributed by atoms with Crippen molar-refractivity contribution in [3.8, 4) is 0 Å². The van der Waals surface area contributed by atoms with Crippen LogP contribution in [0.3, 0.4) is 0 Å². The van der Waals surface area contributed by atoms with Gasteiger partial charge in [-0.1, -0.05) is 0 Å². The van der Waals surface area contributed by atoms with E-state index in [-0.39, 0.29) is 29.8 Å². The van der Waals surface area contributed by atoms with Crippen molar-refractivity contribution in [2.45, 2.75) is 19.1 Å². The zero-order chi connectivity index (χ0) is 20.3. The number of ether oxygens (including phenoxy) is 1. The molecule has 1 aromatic carbocycles. The topological polar surface area (TPSA) is 63.2 Å². The van der Waals surface area contributed by atoms with Gasteiger partial charge in [-0.25, -0.2) is 8.78 Å². The number of amides is 1. The van der Waals surface area contributed by atoms with E-state index < -0.39 is 29.1 Å². The number of nitrogens with one attached hydrogen (secondary N) is 2. The third-order valence-electron chi connectivity index (χ3n) is 4.21. The lowest BCUT2D eigenvalue weighted by atomic mass is 10.1. The van der Waals surface area contributed by atoms with Crippen molar-refractivity contribution in [3.05, 3.63) is 53.4 Å². The molecule has 0 bridgehead atoms. The fraction of sp³-hybridized carbons (Fsp3) is 0.333. The minimum Gasteiger partial charge on any atom is -0.381 e. The first-order chi connectivity index (χ1) is 13.2. The summed E-state index contributed by atoms with van der Waals surface area (Å²) in [5.41, 5.74) is -1.76. The van der Waals surface area contributed by atoms with Gasteiger partial charge in [-0.3, -0.25) is 9.78 Å². The van der Waals surface area contributed by atoms with Crippen LogP contribution in [0.25, 0.3) is 0 Å². The predicted octanol–water partition coefficient (Wildman–Crippen LogP) is 3.77. The fourth-order valence-electron chi connectivity index (χ4n) is 2.74. The van der Waals surface area contributed by atoms with Gasteiger partial charge in [0.25, 0.3) is 0 Å². The maximum Gasteiger partial charge on any atom is 0.418 e.